The van der Waals surface area contributed by atoms with Gasteiger partial charge in [-0.3, -0.25) is 14.5 Å². The molecule has 26 heavy (non-hydrogen) atoms. The zero-order chi connectivity index (χ0) is 19.1. The number of carbonyl (C=O) groups excluding carboxylic acids is 2. The number of carbonyl (C=O) groups is 2. The van der Waals surface area contributed by atoms with E-state index >= 15 is 0 Å². The lowest BCUT2D eigenvalue weighted by Gasteiger charge is -2.17. The number of aryl methyl sites for hydroxylation is 2. The molecule has 2 N–H and O–H groups in total. The first-order chi connectivity index (χ1) is 12.4. The summed E-state index contributed by atoms with van der Waals surface area (Å²) in [5, 5.41) is 5.50. The molecule has 2 rings (SSSR count). The van der Waals surface area contributed by atoms with Crippen LogP contribution in [0.15, 0.2) is 42.5 Å². The zero-order valence-electron chi connectivity index (χ0n) is 15.3. The summed E-state index contributed by atoms with van der Waals surface area (Å²) in [6.45, 7) is 3.78. The third-order valence-electron chi connectivity index (χ3n) is 3.95. The first kappa shape index (κ1) is 19.6. The van der Waals surface area contributed by atoms with Crippen molar-refractivity contribution in [1.82, 2.24) is 4.90 Å². The number of amides is 2. The molecule has 0 atom stereocenters. The van der Waals surface area contributed by atoms with E-state index in [9.17, 15) is 14.0 Å². The predicted octanol–water partition coefficient (Wildman–Crippen LogP) is 3.21. The van der Waals surface area contributed by atoms with Crippen LogP contribution in [0.5, 0.6) is 0 Å². The van der Waals surface area contributed by atoms with Crippen molar-refractivity contribution < 1.29 is 14.0 Å². The number of likely N-dealkylation sites (N-methyl/N-ethyl adjacent to an activating group) is 1. The van der Waals surface area contributed by atoms with E-state index < -0.39 is 0 Å². The number of para-hydroxylation sites is 1. The fourth-order valence-corrected chi connectivity index (χ4v) is 2.56. The Morgan fingerprint density at radius 3 is 2.35 bits per heavy atom. The lowest BCUT2D eigenvalue weighted by Crippen LogP contribution is -2.36. The maximum absolute atomic E-state index is 13.5. The Hall–Kier alpha value is -2.73. The Balaban J connectivity index is 1.85. The highest BCUT2D eigenvalue weighted by atomic mass is 19.1. The van der Waals surface area contributed by atoms with Gasteiger partial charge in [-0.25, -0.2) is 4.39 Å². The topological polar surface area (TPSA) is 61.4 Å². The molecular formula is C20H24FN3O2. The van der Waals surface area contributed by atoms with Crippen LogP contribution in [0.2, 0.25) is 0 Å². The van der Waals surface area contributed by atoms with Gasteiger partial charge in [0.05, 0.1) is 13.1 Å². The van der Waals surface area contributed by atoms with Crippen LogP contribution < -0.4 is 10.6 Å². The van der Waals surface area contributed by atoms with E-state index in [0.29, 0.717) is 11.3 Å². The summed E-state index contributed by atoms with van der Waals surface area (Å²) in [5.74, 6) is -0.870. The zero-order valence-corrected chi connectivity index (χ0v) is 15.3. The van der Waals surface area contributed by atoms with Crippen molar-refractivity contribution in [2.75, 3.05) is 30.8 Å². The molecule has 0 aliphatic rings. The van der Waals surface area contributed by atoms with E-state index in [1.165, 1.54) is 6.07 Å². The van der Waals surface area contributed by atoms with Gasteiger partial charge in [0.1, 0.15) is 5.82 Å². The van der Waals surface area contributed by atoms with E-state index in [1.807, 2.05) is 31.2 Å². The summed E-state index contributed by atoms with van der Waals surface area (Å²) < 4.78 is 13.5. The number of rotatable bonds is 7. The average Bonchev–Trinajstić information content (AvgIpc) is 2.58. The molecule has 0 saturated carbocycles. The fourth-order valence-electron chi connectivity index (χ4n) is 2.56. The molecule has 2 aromatic carbocycles. The van der Waals surface area contributed by atoms with E-state index in [0.717, 1.165) is 17.7 Å². The number of hydrogen-bond donors (Lipinski definition) is 2. The molecule has 0 saturated heterocycles. The number of anilines is 2. The van der Waals surface area contributed by atoms with Crippen LogP contribution in [0.4, 0.5) is 15.8 Å². The summed E-state index contributed by atoms with van der Waals surface area (Å²) in [6.07, 6.45) is 0.821. The first-order valence-corrected chi connectivity index (χ1v) is 8.51. The van der Waals surface area contributed by atoms with Crippen LogP contribution in [-0.4, -0.2) is 36.9 Å². The molecule has 0 aliphatic carbocycles. The number of nitrogens with one attached hydrogen (secondary N) is 2. The second-order valence-corrected chi connectivity index (χ2v) is 6.24. The number of benzene rings is 2. The highest BCUT2D eigenvalue weighted by molar-refractivity contribution is 5.95. The van der Waals surface area contributed by atoms with Gasteiger partial charge in [0.15, 0.2) is 0 Å². The van der Waals surface area contributed by atoms with E-state index in [4.69, 9.17) is 0 Å². The van der Waals surface area contributed by atoms with Crippen molar-refractivity contribution in [2.24, 2.45) is 0 Å². The number of nitrogens with zero attached hydrogens (tertiary/aromatic N) is 1. The Kier molecular flexibility index (Phi) is 6.86. The maximum atomic E-state index is 13.5. The molecule has 6 heteroatoms. The van der Waals surface area contributed by atoms with Crippen LogP contribution >= 0.6 is 0 Å². The molecule has 138 valence electrons. The molecule has 0 aromatic heterocycles. The highest BCUT2D eigenvalue weighted by Crippen LogP contribution is 2.15. The fraction of sp³-hybridized carbons (Fsp3) is 0.300. The van der Waals surface area contributed by atoms with Crippen LogP contribution in [0.1, 0.15) is 18.1 Å². The van der Waals surface area contributed by atoms with Gasteiger partial charge in [0.25, 0.3) is 0 Å². The van der Waals surface area contributed by atoms with Crippen LogP contribution in [0.25, 0.3) is 0 Å². The van der Waals surface area contributed by atoms with Crippen molar-refractivity contribution in [3.63, 3.8) is 0 Å². The van der Waals surface area contributed by atoms with Crippen LogP contribution in [0.3, 0.4) is 0 Å². The van der Waals surface area contributed by atoms with Gasteiger partial charge in [-0.2, -0.15) is 0 Å². The van der Waals surface area contributed by atoms with Gasteiger partial charge >= 0.3 is 0 Å². The molecule has 5 nitrogen and oxygen atoms in total. The summed E-state index contributed by atoms with van der Waals surface area (Å²) in [6, 6.07) is 12.1. The van der Waals surface area contributed by atoms with E-state index in [2.05, 4.69) is 10.6 Å². The van der Waals surface area contributed by atoms with Crippen molar-refractivity contribution >= 4 is 23.2 Å². The van der Waals surface area contributed by atoms with Gasteiger partial charge < -0.3 is 10.6 Å². The minimum atomic E-state index is -0.370. The van der Waals surface area contributed by atoms with Gasteiger partial charge in [-0.05, 0) is 49.7 Å². The predicted molar refractivity (Wildman–Crippen MR) is 102 cm³/mol. The van der Waals surface area contributed by atoms with E-state index in [1.54, 1.807) is 31.0 Å². The van der Waals surface area contributed by atoms with Crippen LogP contribution in [0, 0.1) is 12.7 Å². The smallest absolute Gasteiger partial charge is 0.238 e. The van der Waals surface area contributed by atoms with Crippen LogP contribution in [-0.2, 0) is 16.0 Å². The quantitative estimate of drug-likeness (QED) is 0.800. The van der Waals surface area contributed by atoms with Gasteiger partial charge in [-0.15, -0.1) is 0 Å². The molecule has 0 bridgehead atoms. The molecule has 0 unspecified atom stereocenters. The molecule has 0 fully saturated rings. The molecular weight excluding hydrogens is 333 g/mol. The first-order valence-electron chi connectivity index (χ1n) is 8.51. The minimum Gasteiger partial charge on any atom is -0.325 e. The Bertz CT molecular complexity index is 792. The monoisotopic (exact) mass is 357 g/mol. The standard InChI is InChI=1S/C20H24FN3O2/c1-4-15-7-5-6-8-18(15)23-20(26)13-24(3)12-19(25)22-16-10-9-14(2)17(21)11-16/h5-11H,4,12-13H2,1-3H3,(H,22,25)(H,23,26). The molecule has 0 spiro atoms. The Morgan fingerprint density at radius 2 is 1.69 bits per heavy atom. The molecule has 0 aliphatic heterocycles. The van der Waals surface area contributed by atoms with Crippen molar-refractivity contribution in [1.29, 1.82) is 0 Å². The van der Waals surface area contributed by atoms with Crippen molar-refractivity contribution in [3.05, 3.63) is 59.4 Å². The Morgan fingerprint density at radius 1 is 1.04 bits per heavy atom. The van der Waals surface area contributed by atoms with E-state index in [-0.39, 0.29) is 30.7 Å². The van der Waals surface area contributed by atoms with Gasteiger partial charge in [-0.1, -0.05) is 31.2 Å². The van der Waals surface area contributed by atoms with Gasteiger partial charge in [0.2, 0.25) is 11.8 Å². The normalized spacial score (nSPS) is 10.7. The summed E-state index contributed by atoms with van der Waals surface area (Å²) in [7, 11) is 1.68. The van der Waals surface area contributed by atoms with Crippen molar-refractivity contribution in [3.8, 4) is 0 Å². The lowest BCUT2D eigenvalue weighted by molar-refractivity contribution is -0.119. The third-order valence-corrected chi connectivity index (χ3v) is 3.95. The molecule has 0 heterocycles. The average molecular weight is 357 g/mol. The molecule has 0 radical (unpaired) electrons. The molecule has 2 amide bonds. The minimum absolute atomic E-state index is 0.0261. The second-order valence-electron chi connectivity index (χ2n) is 6.24. The molecule has 2 aromatic rings. The largest absolute Gasteiger partial charge is 0.325 e. The summed E-state index contributed by atoms with van der Waals surface area (Å²) >= 11 is 0. The second kappa shape index (κ2) is 9.10. The maximum Gasteiger partial charge on any atom is 0.238 e. The SMILES string of the molecule is CCc1ccccc1NC(=O)CN(C)CC(=O)Nc1ccc(C)c(F)c1. The Labute approximate surface area is 153 Å². The highest BCUT2D eigenvalue weighted by Gasteiger charge is 2.12. The summed E-state index contributed by atoms with van der Waals surface area (Å²) in [5.41, 5.74) is 2.76. The van der Waals surface area contributed by atoms with Gasteiger partial charge in [0, 0.05) is 11.4 Å². The lowest BCUT2D eigenvalue weighted by atomic mass is 10.1. The summed E-state index contributed by atoms with van der Waals surface area (Å²) in [4.78, 5) is 25.8. The number of halogens is 1. The van der Waals surface area contributed by atoms with Crippen molar-refractivity contribution in [2.45, 2.75) is 20.3 Å². The third kappa shape index (κ3) is 5.67. The number of hydrogen-bond acceptors (Lipinski definition) is 3.